The predicted octanol–water partition coefficient (Wildman–Crippen LogP) is 3.61. The molecular formula is C17H17N5S2. The molecule has 0 atom stereocenters. The third-order valence-electron chi connectivity index (χ3n) is 3.33. The van der Waals surface area contributed by atoms with Crippen LogP contribution in [0.3, 0.4) is 0 Å². The summed E-state index contributed by atoms with van der Waals surface area (Å²) in [6, 6.07) is 16.0. The molecule has 1 heterocycles. The number of thiazole rings is 1. The van der Waals surface area contributed by atoms with Crippen molar-refractivity contribution in [3.63, 3.8) is 0 Å². The van der Waals surface area contributed by atoms with E-state index in [0.29, 0.717) is 5.11 Å². The first-order valence-corrected chi connectivity index (χ1v) is 8.54. The molecule has 0 saturated heterocycles. The summed E-state index contributed by atoms with van der Waals surface area (Å²) >= 11 is 6.64. The maximum atomic E-state index is 5.00. The van der Waals surface area contributed by atoms with E-state index in [2.05, 4.69) is 39.1 Å². The highest BCUT2D eigenvalue weighted by Gasteiger charge is 2.04. The number of nitrogens with one attached hydrogen (secondary N) is 4. The van der Waals surface area contributed by atoms with Crippen molar-refractivity contribution in [1.29, 1.82) is 0 Å². The summed E-state index contributed by atoms with van der Waals surface area (Å²) in [4.78, 5) is 4.57. The van der Waals surface area contributed by atoms with Crippen molar-refractivity contribution >= 4 is 55.4 Å². The third kappa shape index (κ3) is 3.81. The molecule has 5 nitrogen and oxygen atoms in total. The molecule has 0 aliphatic carbocycles. The summed E-state index contributed by atoms with van der Waals surface area (Å²) in [6.45, 7) is 3.98. The number of fused-ring (bicyclic) bond motifs is 1. The highest BCUT2D eigenvalue weighted by Crippen LogP contribution is 2.28. The molecule has 0 aliphatic heterocycles. The maximum Gasteiger partial charge on any atom is 0.188 e. The van der Waals surface area contributed by atoms with Gasteiger partial charge in [-0.15, -0.1) is 0 Å². The Morgan fingerprint density at radius 3 is 2.54 bits per heavy atom. The lowest BCUT2D eigenvalue weighted by Gasteiger charge is -2.13. The molecule has 0 bridgehead atoms. The Balaban J connectivity index is 1.65. The molecule has 24 heavy (non-hydrogen) atoms. The lowest BCUT2D eigenvalue weighted by molar-refractivity contribution is 0.824. The van der Waals surface area contributed by atoms with Crippen molar-refractivity contribution in [2.75, 3.05) is 12.4 Å². The lowest BCUT2D eigenvalue weighted by atomic mass is 10.1. The summed E-state index contributed by atoms with van der Waals surface area (Å²) in [5.74, 6) is 0. The average Bonchev–Trinajstić information content (AvgIpc) is 3.02. The van der Waals surface area contributed by atoms with E-state index >= 15 is 0 Å². The zero-order valence-corrected chi connectivity index (χ0v) is 14.7. The normalized spacial score (nSPS) is 10.2. The van der Waals surface area contributed by atoms with Crippen molar-refractivity contribution in [2.45, 2.75) is 0 Å². The fourth-order valence-electron chi connectivity index (χ4n) is 2.07. The molecule has 3 rings (SSSR count). The number of rotatable bonds is 5. The summed E-state index contributed by atoms with van der Waals surface area (Å²) in [5, 5.41) is 7.53. The molecule has 0 unspecified atom stereocenters. The second-order valence-corrected chi connectivity index (χ2v) is 6.44. The van der Waals surface area contributed by atoms with Crippen LogP contribution in [0.25, 0.3) is 15.9 Å². The highest BCUT2D eigenvalue weighted by molar-refractivity contribution is 7.80. The Hall–Kier alpha value is -2.64. The van der Waals surface area contributed by atoms with Gasteiger partial charge in [0.1, 0.15) is 0 Å². The molecule has 2 aromatic carbocycles. The molecule has 0 fully saturated rings. The van der Waals surface area contributed by atoms with Crippen molar-refractivity contribution in [3.8, 4) is 0 Å². The van der Waals surface area contributed by atoms with E-state index in [0.717, 1.165) is 27.6 Å². The predicted molar refractivity (Wildman–Crippen MR) is 106 cm³/mol. The Bertz CT molecular complexity index is 837. The molecule has 122 valence electrons. The van der Waals surface area contributed by atoms with Crippen LogP contribution < -0.4 is 21.5 Å². The van der Waals surface area contributed by atoms with Crippen LogP contribution in [0.15, 0.2) is 55.1 Å². The van der Waals surface area contributed by atoms with Crippen LogP contribution in [0.1, 0.15) is 5.56 Å². The number of anilines is 2. The maximum absolute atomic E-state index is 5.00. The smallest absolute Gasteiger partial charge is 0.188 e. The van der Waals surface area contributed by atoms with Crippen molar-refractivity contribution < 1.29 is 0 Å². The van der Waals surface area contributed by atoms with E-state index in [-0.39, 0.29) is 0 Å². The zero-order valence-electron chi connectivity index (χ0n) is 13.1. The van der Waals surface area contributed by atoms with Crippen LogP contribution in [0.5, 0.6) is 0 Å². The minimum Gasteiger partial charge on any atom is -0.364 e. The minimum atomic E-state index is 0.505. The van der Waals surface area contributed by atoms with Gasteiger partial charge in [0.05, 0.1) is 15.9 Å². The first kappa shape index (κ1) is 16.2. The largest absolute Gasteiger partial charge is 0.364 e. The number of hydrogen-bond donors (Lipinski definition) is 4. The van der Waals surface area contributed by atoms with E-state index in [1.54, 1.807) is 18.4 Å². The van der Waals surface area contributed by atoms with Crippen LogP contribution in [-0.2, 0) is 0 Å². The topological polar surface area (TPSA) is 61.0 Å². The number of hydrogen-bond acceptors (Lipinski definition) is 5. The summed E-state index contributed by atoms with van der Waals surface area (Å²) in [7, 11) is 1.75. The Labute approximate surface area is 149 Å². The van der Waals surface area contributed by atoms with E-state index in [1.165, 1.54) is 4.70 Å². The average molecular weight is 355 g/mol. The van der Waals surface area contributed by atoms with Gasteiger partial charge in [-0.05, 0) is 42.0 Å². The van der Waals surface area contributed by atoms with Gasteiger partial charge in [-0.25, -0.2) is 4.98 Å². The van der Waals surface area contributed by atoms with E-state index < -0.39 is 0 Å². The summed E-state index contributed by atoms with van der Waals surface area (Å²) in [6.07, 6.45) is 0. The molecule has 1 aromatic heterocycles. The Morgan fingerprint density at radius 2 is 1.83 bits per heavy atom. The van der Waals surface area contributed by atoms with Gasteiger partial charge in [0.2, 0.25) is 0 Å². The van der Waals surface area contributed by atoms with Crippen LogP contribution >= 0.6 is 23.6 Å². The molecule has 0 aliphatic rings. The van der Waals surface area contributed by atoms with Crippen molar-refractivity contribution in [3.05, 3.63) is 60.7 Å². The molecule has 0 radical (unpaired) electrons. The molecule has 3 aromatic rings. The number of nitrogens with zero attached hydrogens (tertiary/aromatic N) is 1. The standard InChI is InChI=1S/C17H17N5S2/c1-11(21-22-16(23)18-2)12-7-9-13(10-8-12)19-17-20-14-5-3-4-6-15(14)24-17/h3-10,21H,1H2,2H3,(H,19,20)(H2,18,22,23). The molecular weight excluding hydrogens is 338 g/mol. The number of hydrazine groups is 1. The number of aromatic nitrogens is 1. The second kappa shape index (κ2) is 7.29. The lowest BCUT2D eigenvalue weighted by Crippen LogP contribution is -2.41. The zero-order chi connectivity index (χ0) is 16.9. The fraction of sp³-hybridized carbons (Fsp3) is 0.0588. The van der Waals surface area contributed by atoms with E-state index in [9.17, 15) is 0 Å². The quantitative estimate of drug-likeness (QED) is 0.414. The number of thiocarbonyl (C=S) groups is 1. The molecule has 0 spiro atoms. The fourth-order valence-corrected chi connectivity index (χ4v) is 3.01. The molecule has 7 heteroatoms. The van der Waals surface area contributed by atoms with Gasteiger partial charge in [-0.2, -0.15) is 0 Å². The number of benzene rings is 2. The van der Waals surface area contributed by atoms with Gasteiger partial charge >= 0.3 is 0 Å². The van der Waals surface area contributed by atoms with Gasteiger partial charge in [-0.1, -0.05) is 42.2 Å². The van der Waals surface area contributed by atoms with Gasteiger partial charge in [0.25, 0.3) is 0 Å². The van der Waals surface area contributed by atoms with Crippen molar-refractivity contribution in [2.24, 2.45) is 0 Å². The summed E-state index contributed by atoms with van der Waals surface area (Å²) in [5.41, 5.74) is 9.49. The van der Waals surface area contributed by atoms with Crippen molar-refractivity contribution in [1.82, 2.24) is 21.2 Å². The van der Waals surface area contributed by atoms with Crippen LogP contribution in [0.2, 0.25) is 0 Å². The summed E-state index contributed by atoms with van der Waals surface area (Å²) < 4.78 is 1.17. The van der Waals surface area contributed by atoms with E-state index in [4.69, 9.17) is 12.2 Å². The van der Waals surface area contributed by atoms with Gasteiger partial charge in [0.15, 0.2) is 10.2 Å². The first-order chi connectivity index (χ1) is 11.7. The van der Waals surface area contributed by atoms with Crippen LogP contribution in [-0.4, -0.2) is 17.1 Å². The minimum absolute atomic E-state index is 0.505. The second-order valence-electron chi connectivity index (χ2n) is 5.00. The van der Waals surface area contributed by atoms with E-state index in [1.807, 2.05) is 42.5 Å². The first-order valence-electron chi connectivity index (χ1n) is 7.31. The molecule has 0 saturated carbocycles. The molecule has 0 amide bonds. The SMILES string of the molecule is C=C(NNC(=S)NC)c1ccc(Nc2nc3ccccc3s2)cc1. The van der Waals surface area contributed by atoms with Crippen LogP contribution in [0, 0.1) is 0 Å². The number of para-hydroxylation sites is 1. The molecule has 4 N–H and O–H groups in total. The Kier molecular flexibility index (Phi) is 4.93. The Morgan fingerprint density at radius 1 is 1.08 bits per heavy atom. The van der Waals surface area contributed by atoms with Gasteiger partial charge < -0.3 is 10.6 Å². The van der Waals surface area contributed by atoms with Crippen LogP contribution in [0.4, 0.5) is 10.8 Å². The third-order valence-corrected chi connectivity index (χ3v) is 4.59. The van der Waals surface area contributed by atoms with Gasteiger partial charge in [0, 0.05) is 12.7 Å². The monoisotopic (exact) mass is 355 g/mol. The van der Waals surface area contributed by atoms with Gasteiger partial charge in [-0.3, -0.25) is 10.9 Å². The highest BCUT2D eigenvalue weighted by atomic mass is 32.1.